The third-order valence-electron chi connectivity index (χ3n) is 2.71. The number of benzene rings is 1. The molecule has 0 amide bonds. The zero-order valence-corrected chi connectivity index (χ0v) is 10.9. The Hall–Kier alpha value is -0.910. The molecular weight excluding hydrogens is 238 g/mol. The van der Waals surface area contributed by atoms with Crippen molar-refractivity contribution in [1.29, 1.82) is 0 Å². The maximum Gasteiger partial charge on any atom is 0.216 e. The van der Waals surface area contributed by atoms with Gasteiger partial charge in [-0.3, -0.25) is 0 Å². The zero-order chi connectivity index (χ0) is 12.9. The second kappa shape index (κ2) is 6.14. The summed E-state index contributed by atoms with van der Waals surface area (Å²) in [6.45, 7) is 3.52. The third kappa shape index (κ3) is 4.85. The van der Waals surface area contributed by atoms with E-state index in [2.05, 4.69) is 4.72 Å². The van der Waals surface area contributed by atoms with Crippen molar-refractivity contribution in [2.24, 2.45) is 5.92 Å². The van der Waals surface area contributed by atoms with Crippen molar-refractivity contribution in [3.8, 4) is 0 Å². The Labute approximate surface area is 103 Å². The highest BCUT2D eigenvalue weighted by Gasteiger charge is 2.19. The Morgan fingerprint density at radius 3 is 2.35 bits per heavy atom. The first-order valence-corrected chi connectivity index (χ1v) is 7.24. The average Bonchev–Trinajstić information content (AvgIpc) is 2.27. The molecular formula is C12H19NO3S. The molecule has 0 aliphatic rings. The van der Waals surface area contributed by atoms with E-state index in [9.17, 15) is 8.42 Å². The van der Waals surface area contributed by atoms with Crippen molar-refractivity contribution >= 4 is 10.0 Å². The van der Waals surface area contributed by atoms with Gasteiger partial charge in [-0.15, -0.1) is 0 Å². The summed E-state index contributed by atoms with van der Waals surface area (Å²) in [5, 5.41) is 8.96. The Kier molecular flexibility index (Phi) is 5.11. The van der Waals surface area contributed by atoms with E-state index in [4.69, 9.17) is 5.11 Å². The first-order chi connectivity index (χ1) is 7.94. The van der Waals surface area contributed by atoms with Gasteiger partial charge in [0.1, 0.15) is 0 Å². The summed E-state index contributed by atoms with van der Waals surface area (Å²) in [6.07, 6.45) is 0. The minimum absolute atomic E-state index is 0.0314. The lowest BCUT2D eigenvalue weighted by Gasteiger charge is -2.19. The largest absolute Gasteiger partial charge is 0.396 e. The molecule has 0 aliphatic carbocycles. The van der Waals surface area contributed by atoms with Crippen LogP contribution in [0.5, 0.6) is 0 Å². The maximum atomic E-state index is 11.8. The van der Waals surface area contributed by atoms with Crippen LogP contribution in [0, 0.1) is 5.92 Å². The van der Waals surface area contributed by atoms with Crippen molar-refractivity contribution in [2.45, 2.75) is 25.6 Å². The first kappa shape index (κ1) is 14.2. The van der Waals surface area contributed by atoms with Crippen LogP contribution >= 0.6 is 0 Å². The number of nitrogens with one attached hydrogen (secondary N) is 1. The third-order valence-corrected chi connectivity index (χ3v) is 4.15. The Bertz CT molecular complexity index is 430. The number of aliphatic hydroxyl groups is 1. The number of hydrogen-bond donors (Lipinski definition) is 2. The van der Waals surface area contributed by atoms with E-state index in [0.29, 0.717) is 0 Å². The fourth-order valence-corrected chi connectivity index (χ4v) is 2.91. The van der Waals surface area contributed by atoms with Crippen LogP contribution in [0.2, 0.25) is 0 Å². The van der Waals surface area contributed by atoms with Crippen LogP contribution in [0.1, 0.15) is 19.4 Å². The van der Waals surface area contributed by atoms with Crippen LogP contribution < -0.4 is 4.72 Å². The first-order valence-electron chi connectivity index (χ1n) is 5.59. The van der Waals surface area contributed by atoms with E-state index in [1.807, 2.05) is 18.2 Å². The summed E-state index contributed by atoms with van der Waals surface area (Å²) in [6, 6.07) is 8.75. The standard InChI is InChI=1S/C12H19NO3S/c1-10(8-14)11(2)13-17(15,16)9-12-6-4-3-5-7-12/h3-7,10-11,13-14H,8-9H2,1-2H3. The lowest BCUT2D eigenvalue weighted by molar-refractivity contribution is 0.216. The molecule has 96 valence electrons. The summed E-state index contributed by atoms with van der Waals surface area (Å²) in [7, 11) is -3.35. The quantitative estimate of drug-likeness (QED) is 0.802. The summed E-state index contributed by atoms with van der Waals surface area (Å²) in [4.78, 5) is 0. The van der Waals surface area contributed by atoms with Crippen molar-refractivity contribution in [3.05, 3.63) is 35.9 Å². The van der Waals surface area contributed by atoms with Crippen LogP contribution in [0.15, 0.2) is 30.3 Å². The number of rotatable bonds is 6. The van der Waals surface area contributed by atoms with Gasteiger partial charge in [-0.25, -0.2) is 13.1 Å². The van der Waals surface area contributed by atoms with Crippen molar-refractivity contribution in [1.82, 2.24) is 4.72 Å². The van der Waals surface area contributed by atoms with Crippen LogP contribution in [-0.4, -0.2) is 26.2 Å². The molecule has 0 saturated heterocycles. The second-order valence-electron chi connectivity index (χ2n) is 4.31. The molecule has 0 bridgehead atoms. The Morgan fingerprint density at radius 1 is 1.24 bits per heavy atom. The van der Waals surface area contributed by atoms with Crippen LogP contribution in [0.3, 0.4) is 0 Å². The van der Waals surface area contributed by atoms with Crippen molar-refractivity contribution < 1.29 is 13.5 Å². The van der Waals surface area contributed by atoms with E-state index in [1.54, 1.807) is 26.0 Å². The molecule has 0 saturated carbocycles. The molecule has 2 unspecified atom stereocenters. The smallest absolute Gasteiger partial charge is 0.216 e. The molecule has 4 nitrogen and oxygen atoms in total. The van der Waals surface area contributed by atoms with Gasteiger partial charge >= 0.3 is 0 Å². The van der Waals surface area contributed by atoms with Crippen LogP contribution in [-0.2, 0) is 15.8 Å². The fraction of sp³-hybridized carbons (Fsp3) is 0.500. The summed E-state index contributed by atoms with van der Waals surface area (Å²) in [5.41, 5.74) is 0.754. The molecule has 5 heteroatoms. The molecule has 0 aromatic heterocycles. The van der Waals surface area contributed by atoms with Gasteiger partial charge in [-0.05, 0) is 18.4 Å². The SMILES string of the molecule is CC(CO)C(C)NS(=O)(=O)Cc1ccccc1. The minimum atomic E-state index is -3.35. The van der Waals surface area contributed by atoms with Gasteiger partial charge in [-0.2, -0.15) is 0 Å². The molecule has 0 aliphatic heterocycles. The summed E-state index contributed by atoms with van der Waals surface area (Å²) in [5.74, 6) is -0.128. The predicted molar refractivity (Wildman–Crippen MR) is 67.9 cm³/mol. The van der Waals surface area contributed by atoms with Crippen LogP contribution in [0.4, 0.5) is 0 Å². The van der Waals surface area contributed by atoms with Crippen molar-refractivity contribution in [3.63, 3.8) is 0 Å². The van der Waals surface area contributed by atoms with Gasteiger partial charge in [0.15, 0.2) is 0 Å². The zero-order valence-electron chi connectivity index (χ0n) is 10.1. The highest BCUT2D eigenvalue weighted by molar-refractivity contribution is 7.88. The molecule has 0 spiro atoms. The number of aliphatic hydroxyl groups excluding tert-OH is 1. The van der Waals surface area contributed by atoms with E-state index < -0.39 is 10.0 Å². The fourth-order valence-electron chi connectivity index (χ4n) is 1.39. The highest BCUT2D eigenvalue weighted by atomic mass is 32.2. The van der Waals surface area contributed by atoms with E-state index in [0.717, 1.165) is 5.56 Å². The lowest BCUT2D eigenvalue weighted by atomic mass is 10.1. The minimum Gasteiger partial charge on any atom is -0.396 e. The van der Waals surface area contributed by atoms with Gasteiger partial charge in [0.2, 0.25) is 10.0 Å². The molecule has 1 aromatic carbocycles. The van der Waals surface area contributed by atoms with Crippen LogP contribution in [0.25, 0.3) is 0 Å². The molecule has 0 heterocycles. The van der Waals surface area contributed by atoms with E-state index in [-0.39, 0.29) is 24.3 Å². The molecule has 2 atom stereocenters. The predicted octanol–water partition coefficient (Wildman–Crippen LogP) is 1.12. The second-order valence-corrected chi connectivity index (χ2v) is 6.06. The maximum absolute atomic E-state index is 11.8. The molecule has 0 radical (unpaired) electrons. The van der Waals surface area contributed by atoms with Crippen molar-refractivity contribution in [2.75, 3.05) is 6.61 Å². The summed E-state index contributed by atoms with van der Waals surface area (Å²) < 4.78 is 26.2. The molecule has 17 heavy (non-hydrogen) atoms. The normalized spacial score (nSPS) is 15.5. The Balaban J connectivity index is 2.64. The number of sulfonamides is 1. The molecule has 2 N–H and O–H groups in total. The van der Waals surface area contributed by atoms with Gasteiger partial charge in [0.05, 0.1) is 5.75 Å². The molecule has 1 aromatic rings. The number of hydrogen-bond acceptors (Lipinski definition) is 3. The summed E-state index contributed by atoms with van der Waals surface area (Å²) >= 11 is 0. The molecule has 0 fully saturated rings. The average molecular weight is 257 g/mol. The van der Waals surface area contributed by atoms with E-state index in [1.165, 1.54) is 0 Å². The monoisotopic (exact) mass is 257 g/mol. The lowest BCUT2D eigenvalue weighted by Crippen LogP contribution is -2.38. The topological polar surface area (TPSA) is 66.4 Å². The van der Waals surface area contributed by atoms with E-state index >= 15 is 0 Å². The van der Waals surface area contributed by atoms with Gasteiger partial charge in [-0.1, -0.05) is 37.3 Å². The highest BCUT2D eigenvalue weighted by Crippen LogP contribution is 2.07. The molecule has 1 rings (SSSR count). The van der Waals surface area contributed by atoms with Gasteiger partial charge in [0.25, 0.3) is 0 Å². The Morgan fingerprint density at radius 2 is 1.82 bits per heavy atom. The van der Waals surface area contributed by atoms with Gasteiger partial charge in [0, 0.05) is 12.6 Å². The van der Waals surface area contributed by atoms with Gasteiger partial charge < -0.3 is 5.11 Å².